The van der Waals surface area contributed by atoms with Crippen LogP contribution in [0.25, 0.3) is 16.6 Å². The van der Waals surface area contributed by atoms with Crippen molar-refractivity contribution in [1.29, 1.82) is 4.78 Å². The molecule has 3 aromatic rings. The molecule has 2 aliphatic heterocycles. The minimum atomic E-state index is -3.22. The van der Waals surface area contributed by atoms with Gasteiger partial charge in [-0.3, -0.25) is 9.78 Å². The lowest BCUT2D eigenvalue weighted by molar-refractivity contribution is -0.130. The highest BCUT2D eigenvalue weighted by atomic mass is 32.2. The van der Waals surface area contributed by atoms with Gasteiger partial charge in [0, 0.05) is 55.6 Å². The Morgan fingerprint density at radius 2 is 1.88 bits per heavy atom. The van der Waals surface area contributed by atoms with Crippen molar-refractivity contribution >= 4 is 26.5 Å². The number of piperidine rings is 1. The Morgan fingerprint density at radius 3 is 2.55 bits per heavy atom. The molecule has 0 unspecified atom stereocenters. The van der Waals surface area contributed by atoms with Crippen LogP contribution in [-0.2, 0) is 20.9 Å². The molecule has 216 valence electrons. The number of rotatable bonds is 7. The monoisotopic (exact) mass is 567 g/mol. The van der Waals surface area contributed by atoms with Crippen molar-refractivity contribution in [2.45, 2.75) is 76.5 Å². The number of amides is 1. The van der Waals surface area contributed by atoms with Crippen LogP contribution in [0, 0.1) is 29.4 Å². The molecule has 1 amide bonds. The molecule has 0 aliphatic carbocycles. The van der Waals surface area contributed by atoms with Gasteiger partial charge in [-0.2, -0.15) is 0 Å². The Hall–Kier alpha value is -2.78. The van der Waals surface area contributed by atoms with E-state index in [1.165, 1.54) is 17.7 Å². The molecule has 0 saturated carbocycles. The zero-order valence-corrected chi connectivity index (χ0v) is 25.1. The van der Waals surface area contributed by atoms with Crippen LogP contribution in [0.2, 0.25) is 0 Å². The highest BCUT2D eigenvalue weighted by molar-refractivity contribution is 7.93. The van der Waals surface area contributed by atoms with Crippen LogP contribution < -0.4 is 0 Å². The van der Waals surface area contributed by atoms with E-state index in [1.807, 2.05) is 21.9 Å². The molecular formula is C31H42FN5O2S. The third-order valence-electron chi connectivity index (χ3n) is 9.22. The van der Waals surface area contributed by atoms with E-state index in [-0.39, 0.29) is 10.8 Å². The summed E-state index contributed by atoms with van der Waals surface area (Å²) in [6.45, 7) is 13.4. The van der Waals surface area contributed by atoms with Crippen molar-refractivity contribution in [1.82, 2.24) is 19.4 Å². The molecule has 9 heteroatoms. The normalized spacial score (nSPS) is 21.3. The second kappa shape index (κ2) is 11.2. The molecule has 0 bridgehead atoms. The number of pyridine rings is 1. The van der Waals surface area contributed by atoms with E-state index in [2.05, 4.69) is 29.9 Å². The first-order valence-electron chi connectivity index (χ1n) is 14.5. The number of hydrogen-bond donors (Lipinski definition) is 1. The summed E-state index contributed by atoms with van der Waals surface area (Å²) < 4.78 is 38.4. The van der Waals surface area contributed by atoms with Gasteiger partial charge in [0.2, 0.25) is 5.91 Å². The van der Waals surface area contributed by atoms with E-state index in [9.17, 15) is 13.4 Å². The number of carbonyl (C=O) groups is 1. The molecule has 5 rings (SSSR count). The first-order chi connectivity index (χ1) is 19.0. The van der Waals surface area contributed by atoms with Crippen molar-refractivity contribution in [3.8, 4) is 5.69 Å². The molecule has 2 aromatic heterocycles. The van der Waals surface area contributed by atoms with E-state index in [0.717, 1.165) is 68.3 Å². The summed E-state index contributed by atoms with van der Waals surface area (Å²) in [4.78, 5) is 21.0. The molecular weight excluding hydrogens is 525 g/mol. The first-order valence-corrected chi connectivity index (χ1v) is 16.1. The number of aryl methyl sites for hydroxylation is 1. The van der Waals surface area contributed by atoms with E-state index in [0.29, 0.717) is 23.6 Å². The predicted molar refractivity (Wildman–Crippen MR) is 158 cm³/mol. The minimum Gasteiger partial charge on any atom is -0.343 e. The Bertz CT molecular complexity index is 1510. The third-order valence-corrected chi connectivity index (χ3v) is 11.5. The fraction of sp³-hybridized carbons (Fsp3) is 0.548. The number of hydrogen-bond acceptors (Lipinski definition) is 5. The van der Waals surface area contributed by atoms with Gasteiger partial charge in [0.05, 0.1) is 32.0 Å². The topological polar surface area (TPSA) is 82.3 Å². The number of carbonyl (C=O) groups excluding carboxylic acids is 1. The van der Waals surface area contributed by atoms with Gasteiger partial charge in [0.15, 0.2) is 0 Å². The maximum absolute atomic E-state index is 14.3. The second-order valence-corrected chi connectivity index (χ2v) is 14.7. The van der Waals surface area contributed by atoms with Crippen LogP contribution in [-0.4, -0.2) is 66.9 Å². The van der Waals surface area contributed by atoms with Gasteiger partial charge < -0.3 is 14.4 Å². The quantitative estimate of drug-likeness (QED) is 0.391. The number of aromatic nitrogens is 2. The van der Waals surface area contributed by atoms with E-state index in [1.54, 1.807) is 26.8 Å². The average Bonchev–Trinajstić information content (AvgIpc) is 3.54. The molecule has 2 aliphatic rings. The molecule has 1 aromatic carbocycles. The second-order valence-electron chi connectivity index (χ2n) is 12.1. The van der Waals surface area contributed by atoms with Gasteiger partial charge in [-0.1, -0.05) is 0 Å². The maximum atomic E-state index is 14.3. The van der Waals surface area contributed by atoms with E-state index in [4.69, 9.17) is 4.78 Å². The molecule has 2 fully saturated rings. The molecule has 2 saturated heterocycles. The average molecular weight is 568 g/mol. The van der Waals surface area contributed by atoms with Crippen LogP contribution in [0.4, 0.5) is 4.39 Å². The lowest BCUT2D eigenvalue weighted by Gasteiger charge is -2.38. The summed E-state index contributed by atoms with van der Waals surface area (Å²) in [5.74, 6) is 0.814. The largest absolute Gasteiger partial charge is 0.343 e. The number of likely N-dealkylation sites (tertiary alicyclic amines) is 2. The number of benzene rings is 1. The Balaban J connectivity index is 1.41. The highest BCUT2D eigenvalue weighted by Crippen LogP contribution is 2.35. The van der Waals surface area contributed by atoms with Crippen molar-refractivity contribution in [3.63, 3.8) is 0 Å². The van der Waals surface area contributed by atoms with Crippen molar-refractivity contribution < 1.29 is 13.4 Å². The summed E-state index contributed by atoms with van der Waals surface area (Å²) in [6.07, 6.45) is 9.96. The van der Waals surface area contributed by atoms with Gasteiger partial charge >= 0.3 is 0 Å². The summed E-state index contributed by atoms with van der Waals surface area (Å²) in [5.41, 5.74) is 3.76. The first kappa shape index (κ1) is 28.7. The van der Waals surface area contributed by atoms with Gasteiger partial charge in [0.25, 0.3) is 0 Å². The van der Waals surface area contributed by atoms with Crippen LogP contribution in [0.5, 0.6) is 0 Å². The van der Waals surface area contributed by atoms with Crippen molar-refractivity contribution in [3.05, 3.63) is 53.7 Å². The molecule has 4 heterocycles. The predicted octanol–water partition coefficient (Wildman–Crippen LogP) is 5.80. The number of nitrogens with one attached hydrogen (secondary N) is 1. The summed E-state index contributed by atoms with van der Waals surface area (Å²) in [5, 5.41) is 0.685. The number of nitrogens with zero attached hydrogens (tertiary/aromatic N) is 4. The number of fused-ring (bicyclic) bond motifs is 1. The van der Waals surface area contributed by atoms with Crippen LogP contribution in [0.3, 0.4) is 0 Å². The van der Waals surface area contributed by atoms with Crippen molar-refractivity contribution in [2.75, 3.05) is 26.2 Å². The van der Waals surface area contributed by atoms with Crippen LogP contribution >= 0.6 is 0 Å². The van der Waals surface area contributed by atoms with Gasteiger partial charge in [-0.25, -0.2) is 13.4 Å². The standard InChI is InChI=1S/C31H42FN5O2S/c1-20(2)40(33,39)30-15-27(32)6-7-28(30)37-19-26(31-21(3)16-34-17-29(31)37)14-24-8-11-36(18-24)22(4)25-9-12-35(13-10-25)23(5)38/h6-7,15-17,19-20,22,24-25,33H,8-14,18H2,1-5H3/t22-,24+,40-/m0/s1. The number of halogens is 1. The Morgan fingerprint density at radius 1 is 1.15 bits per heavy atom. The molecule has 40 heavy (non-hydrogen) atoms. The SMILES string of the molecule is CC(=O)N1CCC([C@H](C)N2CC[C@H](Cc3cn(-c4ccc(F)cc4[S@@](=N)(=O)C(C)C)c4cncc(C)c34)C2)CC1. The highest BCUT2D eigenvalue weighted by Gasteiger charge is 2.33. The van der Waals surface area contributed by atoms with Crippen molar-refractivity contribution in [2.24, 2.45) is 11.8 Å². The molecule has 7 nitrogen and oxygen atoms in total. The molecule has 3 atom stereocenters. The Kier molecular flexibility index (Phi) is 8.08. The van der Waals surface area contributed by atoms with Gasteiger partial charge in [-0.15, -0.1) is 0 Å². The van der Waals surface area contributed by atoms with Crippen LogP contribution in [0.15, 0.2) is 41.7 Å². The lowest BCUT2D eigenvalue weighted by atomic mass is 9.89. The van der Waals surface area contributed by atoms with Crippen LogP contribution in [0.1, 0.15) is 58.1 Å². The third kappa shape index (κ3) is 5.42. The van der Waals surface area contributed by atoms with Gasteiger partial charge in [-0.05, 0) is 101 Å². The molecule has 1 N–H and O–H groups in total. The van der Waals surface area contributed by atoms with E-state index < -0.39 is 20.8 Å². The maximum Gasteiger partial charge on any atom is 0.219 e. The van der Waals surface area contributed by atoms with E-state index >= 15 is 0 Å². The zero-order valence-electron chi connectivity index (χ0n) is 24.3. The smallest absolute Gasteiger partial charge is 0.219 e. The summed E-state index contributed by atoms with van der Waals surface area (Å²) >= 11 is 0. The molecule has 0 radical (unpaired) electrons. The summed E-state index contributed by atoms with van der Waals surface area (Å²) in [7, 11) is -3.22. The van der Waals surface area contributed by atoms with Gasteiger partial charge in [0.1, 0.15) is 5.82 Å². The molecule has 0 spiro atoms. The lowest BCUT2D eigenvalue weighted by Crippen LogP contribution is -2.44. The summed E-state index contributed by atoms with van der Waals surface area (Å²) in [6, 6.07) is 4.77. The minimum absolute atomic E-state index is 0.180. The Labute approximate surface area is 237 Å². The fourth-order valence-corrected chi connectivity index (χ4v) is 7.96. The fourth-order valence-electron chi connectivity index (χ4n) is 6.68. The zero-order chi connectivity index (χ0) is 28.8.